The van der Waals surface area contributed by atoms with Crippen molar-refractivity contribution in [2.45, 2.75) is 76.9 Å². The Kier molecular flexibility index (Phi) is 5.09. The van der Waals surface area contributed by atoms with E-state index in [0.29, 0.717) is 17.6 Å². The molecule has 1 saturated heterocycles. The quantitative estimate of drug-likeness (QED) is 0.736. The van der Waals surface area contributed by atoms with E-state index in [-0.39, 0.29) is 0 Å². The van der Waals surface area contributed by atoms with Crippen LogP contribution in [-0.2, 0) is 8.85 Å². The number of piperidine rings is 1. The van der Waals surface area contributed by atoms with E-state index in [1.165, 1.54) is 38.5 Å². The van der Waals surface area contributed by atoms with Crippen LogP contribution in [0.1, 0.15) is 59.3 Å². The van der Waals surface area contributed by atoms with E-state index in [9.17, 15) is 0 Å². The lowest BCUT2D eigenvalue weighted by molar-refractivity contribution is 0.0636. The molecule has 1 heterocycles. The molecule has 1 aliphatic carbocycles. The second kappa shape index (κ2) is 6.25. The molecule has 2 unspecified atom stereocenters. The molecule has 2 atom stereocenters. The number of hydrogen-bond acceptors (Lipinski definition) is 3. The van der Waals surface area contributed by atoms with Crippen LogP contribution in [0.15, 0.2) is 0 Å². The maximum Gasteiger partial charge on any atom is 0.430 e. The Morgan fingerprint density at radius 1 is 0.895 bits per heavy atom. The third kappa shape index (κ3) is 2.78. The van der Waals surface area contributed by atoms with Gasteiger partial charge < -0.3 is 8.85 Å². The van der Waals surface area contributed by atoms with Crippen LogP contribution >= 0.6 is 0 Å². The van der Waals surface area contributed by atoms with Gasteiger partial charge in [0.1, 0.15) is 0 Å². The highest BCUT2D eigenvalue weighted by atomic mass is 28.4. The van der Waals surface area contributed by atoms with Crippen molar-refractivity contribution in [3.63, 3.8) is 0 Å². The van der Waals surface area contributed by atoms with Gasteiger partial charge in [0, 0.05) is 31.8 Å². The van der Waals surface area contributed by atoms with E-state index in [1.807, 2.05) is 14.2 Å². The van der Waals surface area contributed by atoms with Crippen LogP contribution in [0.5, 0.6) is 0 Å². The first-order chi connectivity index (χ1) is 9.05. The fourth-order valence-electron chi connectivity index (χ4n) is 4.67. The summed E-state index contributed by atoms with van der Waals surface area (Å²) >= 11 is 0. The summed E-state index contributed by atoms with van der Waals surface area (Å²) in [5, 5.41) is 0. The fourth-order valence-corrected chi connectivity index (χ4v) is 8.92. The molecule has 19 heavy (non-hydrogen) atoms. The Bertz CT molecular complexity index is 278. The number of rotatable bonds is 4. The van der Waals surface area contributed by atoms with Crippen LogP contribution in [0, 0.1) is 5.92 Å². The van der Waals surface area contributed by atoms with Gasteiger partial charge >= 0.3 is 8.72 Å². The molecular formula is C15H31NO2Si. The van der Waals surface area contributed by atoms with Gasteiger partial charge in [0.2, 0.25) is 0 Å². The molecule has 2 rings (SSSR count). The minimum Gasteiger partial charge on any atom is -0.386 e. The van der Waals surface area contributed by atoms with Crippen molar-refractivity contribution in [3.8, 4) is 0 Å². The molecule has 0 aromatic rings. The van der Waals surface area contributed by atoms with Gasteiger partial charge in [0.25, 0.3) is 0 Å². The second-order valence-corrected chi connectivity index (χ2v) is 10.1. The van der Waals surface area contributed by atoms with E-state index in [0.717, 1.165) is 5.92 Å². The van der Waals surface area contributed by atoms with Crippen molar-refractivity contribution >= 4 is 8.72 Å². The SMILES string of the molecule is CO[Si](OC)(C1CCCC1)N1C(C)CC(C)CC1C. The van der Waals surface area contributed by atoms with Gasteiger partial charge in [-0.05, 0) is 45.4 Å². The largest absolute Gasteiger partial charge is 0.430 e. The smallest absolute Gasteiger partial charge is 0.386 e. The maximum atomic E-state index is 6.13. The summed E-state index contributed by atoms with van der Waals surface area (Å²) in [5.74, 6) is 0.824. The molecule has 2 aliphatic rings. The zero-order chi connectivity index (χ0) is 14.0. The Morgan fingerprint density at radius 3 is 1.79 bits per heavy atom. The predicted molar refractivity (Wildman–Crippen MR) is 81.2 cm³/mol. The lowest BCUT2D eigenvalue weighted by Crippen LogP contribution is -2.67. The van der Waals surface area contributed by atoms with Crippen molar-refractivity contribution in [3.05, 3.63) is 0 Å². The van der Waals surface area contributed by atoms with Crippen LogP contribution in [0.4, 0.5) is 0 Å². The summed E-state index contributed by atoms with van der Waals surface area (Å²) in [4.78, 5) is 0. The molecule has 3 nitrogen and oxygen atoms in total. The van der Waals surface area contributed by atoms with Crippen LogP contribution in [0.3, 0.4) is 0 Å². The predicted octanol–water partition coefficient (Wildman–Crippen LogP) is 3.67. The highest BCUT2D eigenvalue weighted by Gasteiger charge is 2.55. The highest BCUT2D eigenvalue weighted by Crippen LogP contribution is 2.44. The van der Waals surface area contributed by atoms with Crippen molar-refractivity contribution in [1.29, 1.82) is 0 Å². The number of hydrogen-bond donors (Lipinski definition) is 0. The molecule has 0 bridgehead atoms. The normalized spacial score (nSPS) is 34.9. The van der Waals surface area contributed by atoms with E-state index in [1.54, 1.807) is 0 Å². The average molecular weight is 286 g/mol. The highest BCUT2D eigenvalue weighted by molar-refractivity contribution is 6.66. The molecule has 0 aromatic carbocycles. The van der Waals surface area contributed by atoms with Crippen LogP contribution in [0.25, 0.3) is 0 Å². The third-order valence-electron chi connectivity index (χ3n) is 5.25. The summed E-state index contributed by atoms with van der Waals surface area (Å²) in [5.41, 5.74) is 0.654. The first-order valence-electron chi connectivity index (χ1n) is 7.93. The first kappa shape index (κ1) is 15.5. The van der Waals surface area contributed by atoms with Gasteiger partial charge in [0.15, 0.2) is 0 Å². The van der Waals surface area contributed by atoms with Gasteiger partial charge in [-0.25, -0.2) is 0 Å². The second-order valence-electron chi connectivity index (χ2n) is 6.70. The van der Waals surface area contributed by atoms with E-state index < -0.39 is 8.72 Å². The molecule has 112 valence electrons. The number of nitrogens with zero attached hydrogens (tertiary/aromatic N) is 1. The monoisotopic (exact) mass is 285 g/mol. The molecule has 0 amide bonds. The van der Waals surface area contributed by atoms with Crippen molar-refractivity contribution in [1.82, 2.24) is 4.57 Å². The average Bonchev–Trinajstić information content (AvgIpc) is 2.88. The van der Waals surface area contributed by atoms with Crippen LogP contribution in [0.2, 0.25) is 5.54 Å². The summed E-state index contributed by atoms with van der Waals surface area (Å²) in [6.07, 6.45) is 7.83. The zero-order valence-electron chi connectivity index (χ0n) is 13.3. The maximum absolute atomic E-state index is 6.13. The molecule has 0 spiro atoms. The Hall–Kier alpha value is 0.0969. The van der Waals surface area contributed by atoms with Gasteiger partial charge in [-0.1, -0.05) is 19.8 Å². The van der Waals surface area contributed by atoms with Gasteiger partial charge in [-0.15, -0.1) is 0 Å². The lowest BCUT2D eigenvalue weighted by Gasteiger charge is -2.51. The minimum atomic E-state index is -2.23. The summed E-state index contributed by atoms with van der Waals surface area (Å²) in [6, 6.07) is 1.18. The van der Waals surface area contributed by atoms with Gasteiger partial charge in [0.05, 0.1) is 0 Å². The molecule has 0 N–H and O–H groups in total. The standard InChI is InChI=1S/C15H31NO2Si/c1-12-10-13(2)16(14(3)11-12)19(17-4,18-5)15-8-6-7-9-15/h12-15H,6-11H2,1-5H3. The Morgan fingerprint density at radius 2 is 1.37 bits per heavy atom. The van der Waals surface area contributed by atoms with E-state index in [2.05, 4.69) is 25.3 Å². The van der Waals surface area contributed by atoms with Crippen LogP contribution < -0.4 is 0 Å². The van der Waals surface area contributed by atoms with Gasteiger partial charge in [-0.3, -0.25) is 4.57 Å². The molecule has 2 fully saturated rings. The van der Waals surface area contributed by atoms with Crippen molar-refractivity contribution in [2.24, 2.45) is 5.92 Å². The first-order valence-corrected chi connectivity index (χ1v) is 9.78. The molecular weight excluding hydrogens is 254 g/mol. The molecule has 4 heteroatoms. The summed E-state index contributed by atoms with van der Waals surface area (Å²) in [7, 11) is 1.53. The molecule has 0 radical (unpaired) electrons. The van der Waals surface area contributed by atoms with Crippen molar-refractivity contribution < 1.29 is 8.85 Å². The van der Waals surface area contributed by atoms with Gasteiger partial charge in [-0.2, -0.15) is 0 Å². The zero-order valence-corrected chi connectivity index (χ0v) is 14.3. The van der Waals surface area contributed by atoms with E-state index in [4.69, 9.17) is 8.85 Å². The van der Waals surface area contributed by atoms with E-state index >= 15 is 0 Å². The topological polar surface area (TPSA) is 21.7 Å². The molecule has 1 aliphatic heterocycles. The lowest BCUT2D eigenvalue weighted by atomic mass is 9.91. The minimum absolute atomic E-state index is 0.589. The van der Waals surface area contributed by atoms with Crippen molar-refractivity contribution in [2.75, 3.05) is 14.2 Å². The third-order valence-corrected chi connectivity index (χ3v) is 9.63. The molecule has 0 aromatic heterocycles. The van der Waals surface area contributed by atoms with Crippen LogP contribution in [-0.4, -0.2) is 39.6 Å². The Balaban J connectivity index is 2.26. The Labute approximate surface area is 120 Å². The fraction of sp³-hybridized carbons (Fsp3) is 1.00. The molecule has 1 saturated carbocycles. The summed E-state index contributed by atoms with van der Waals surface area (Å²) in [6.45, 7) is 7.10. The summed E-state index contributed by atoms with van der Waals surface area (Å²) < 4.78 is 14.9.